The minimum Gasteiger partial charge on any atom is -0.507 e. The van der Waals surface area contributed by atoms with E-state index in [0.717, 1.165) is 0 Å². The third kappa shape index (κ3) is 2.06. The lowest BCUT2D eigenvalue weighted by atomic mass is 9.64. The maximum absolute atomic E-state index is 9.80. The van der Waals surface area contributed by atoms with Crippen LogP contribution >= 0.6 is 0 Å². The Labute approximate surface area is 107 Å². The molecule has 1 aromatic rings. The van der Waals surface area contributed by atoms with Gasteiger partial charge in [-0.05, 0) is 25.5 Å². The zero-order valence-corrected chi connectivity index (χ0v) is 11.0. The Kier molecular flexibility index (Phi) is 3.25. The molecule has 0 radical (unpaired) electrons. The van der Waals surface area contributed by atoms with E-state index in [0.29, 0.717) is 12.0 Å². The molecule has 1 aromatic carbocycles. The van der Waals surface area contributed by atoms with E-state index in [9.17, 15) is 15.3 Å². The van der Waals surface area contributed by atoms with Crippen LogP contribution in [0, 0.1) is 5.41 Å². The van der Waals surface area contributed by atoms with E-state index in [-0.39, 0.29) is 35.1 Å². The van der Waals surface area contributed by atoms with Crippen LogP contribution in [0.15, 0.2) is 18.2 Å². The number of phenolic OH excluding ortho intramolecular Hbond substituents is 2. The number of hydrogen-bond donors (Lipinski definition) is 4. The van der Waals surface area contributed by atoms with Gasteiger partial charge in [-0.25, -0.2) is 0 Å². The van der Waals surface area contributed by atoms with Crippen LogP contribution in [0.3, 0.4) is 0 Å². The van der Waals surface area contributed by atoms with Gasteiger partial charge < -0.3 is 20.6 Å². The SMILES string of the molecule is CC(NC1CC(O)C1(C)C)c1c(O)cccc1O. The highest BCUT2D eigenvalue weighted by Crippen LogP contribution is 2.42. The van der Waals surface area contributed by atoms with E-state index in [4.69, 9.17) is 0 Å². The van der Waals surface area contributed by atoms with Crippen LogP contribution in [0.2, 0.25) is 0 Å². The quantitative estimate of drug-likeness (QED) is 0.662. The Balaban J connectivity index is 2.12. The molecule has 0 spiro atoms. The van der Waals surface area contributed by atoms with Crippen LogP contribution in [0.4, 0.5) is 0 Å². The zero-order chi connectivity index (χ0) is 13.5. The fraction of sp³-hybridized carbons (Fsp3) is 0.571. The highest BCUT2D eigenvalue weighted by molar-refractivity contribution is 5.45. The highest BCUT2D eigenvalue weighted by Gasteiger charge is 2.47. The van der Waals surface area contributed by atoms with Gasteiger partial charge in [0, 0.05) is 17.5 Å². The number of aromatic hydroxyl groups is 2. The average molecular weight is 251 g/mol. The Bertz CT molecular complexity index is 424. The number of phenols is 2. The van der Waals surface area contributed by atoms with Crippen molar-refractivity contribution in [2.45, 2.75) is 45.4 Å². The summed E-state index contributed by atoms with van der Waals surface area (Å²) in [5, 5.41) is 32.7. The Morgan fingerprint density at radius 2 is 1.83 bits per heavy atom. The molecular weight excluding hydrogens is 230 g/mol. The van der Waals surface area contributed by atoms with E-state index >= 15 is 0 Å². The van der Waals surface area contributed by atoms with Crippen LogP contribution in [0.25, 0.3) is 0 Å². The van der Waals surface area contributed by atoms with E-state index in [1.807, 2.05) is 20.8 Å². The number of aliphatic hydroxyl groups is 1. The summed E-state index contributed by atoms with van der Waals surface area (Å²) in [6.07, 6.45) is 0.409. The molecule has 0 bridgehead atoms. The summed E-state index contributed by atoms with van der Waals surface area (Å²) in [7, 11) is 0. The molecule has 4 nitrogen and oxygen atoms in total. The molecule has 0 aliphatic heterocycles. The Morgan fingerprint density at radius 1 is 1.28 bits per heavy atom. The van der Waals surface area contributed by atoms with Gasteiger partial charge >= 0.3 is 0 Å². The summed E-state index contributed by atoms with van der Waals surface area (Å²) >= 11 is 0. The van der Waals surface area contributed by atoms with Crippen LogP contribution in [0.5, 0.6) is 11.5 Å². The molecule has 0 aromatic heterocycles. The number of benzene rings is 1. The zero-order valence-electron chi connectivity index (χ0n) is 11.0. The van der Waals surface area contributed by atoms with Crippen LogP contribution in [-0.4, -0.2) is 27.5 Å². The summed E-state index contributed by atoms with van der Waals surface area (Å²) < 4.78 is 0. The molecule has 0 saturated heterocycles. The van der Waals surface area contributed by atoms with E-state index in [2.05, 4.69) is 5.32 Å². The molecule has 2 rings (SSSR count). The van der Waals surface area contributed by atoms with Crippen LogP contribution < -0.4 is 5.32 Å². The molecule has 1 aliphatic carbocycles. The summed E-state index contributed by atoms with van der Waals surface area (Å²) in [6, 6.07) is 4.75. The first-order valence-corrected chi connectivity index (χ1v) is 6.29. The van der Waals surface area contributed by atoms with Crippen molar-refractivity contribution < 1.29 is 15.3 Å². The predicted molar refractivity (Wildman–Crippen MR) is 69.5 cm³/mol. The smallest absolute Gasteiger partial charge is 0.124 e. The van der Waals surface area contributed by atoms with Gasteiger partial charge in [0.25, 0.3) is 0 Å². The number of nitrogens with one attached hydrogen (secondary N) is 1. The summed E-state index contributed by atoms with van der Waals surface area (Å²) in [4.78, 5) is 0. The largest absolute Gasteiger partial charge is 0.507 e. The van der Waals surface area contributed by atoms with Crippen molar-refractivity contribution in [1.29, 1.82) is 0 Å². The van der Waals surface area contributed by atoms with Crippen molar-refractivity contribution in [3.8, 4) is 11.5 Å². The molecule has 1 aliphatic rings. The van der Waals surface area contributed by atoms with Crippen molar-refractivity contribution in [1.82, 2.24) is 5.32 Å². The first kappa shape index (κ1) is 13.2. The summed E-state index contributed by atoms with van der Waals surface area (Å²) in [5.74, 6) is 0.181. The monoisotopic (exact) mass is 251 g/mol. The fourth-order valence-electron chi connectivity index (χ4n) is 2.56. The molecule has 3 unspecified atom stereocenters. The van der Waals surface area contributed by atoms with Gasteiger partial charge in [0.1, 0.15) is 11.5 Å². The molecule has 4 N–H and O–H groups in total. The van der Waals surface area contributed by atoms with Crippen molar-refractivity contribution in [3.05, 3.63) is 23.8 Å². The molecule has 100 valence electrons. The molecule has 3 atom stereocenters. The Morgan fingerprint density at radius 3 is 2.28 bits per heavy atom. The number of aliphatic hydroxyl groups excluding tert-OH is 1. The second-order valence-electron chi connectivity index (χ2n) is 5.72. The molecule has 4 heteroatoms. The van der Waals surface area contributed by atoms with Gasteiger partial charge in [0.05, 0.1) is 11.7 Å². The first-order chi connectivity index (χ1) is 8.34. The van der Waals surface area contributed by atoms with Crippen molar-refractivity contribution >= 4 is 0 Å². The van der Waals surface area contributed by atoms with Gasteiger partial charge in [-0.1, -0.05) is 19.9 Å². The van der Waals surface area contributed by atoms with Gasteiger partial charge in [-0.2, -0.15) is 0 Å². The average Bonchev–Trinajstić information content (AvgIpc) is 2.28. The van der Waals surface area contributed by atoms with Gasteiger partial charge in [0.2, 0.25) is 0 Å². The normalized spacial score (nSPS) is 27.6. The first-order valence-electron chi connectivity index (χ1n) is 6.29. The summed E-state index contributed by atoms with van der Waals surface area (Å²) in [5.41, 5.74) is 0.337. The fourth-order valence-corrected chi connectivity index (χ4v) is 2.56. The van der Waals surface area contributed by atoms with E-state index in [1.54, 1.807) is 18.2 Å². The lowest BCUT2D eigenvalue weighted by Gasteiger charge is -2.50. The van der Waals surface area contributed by atoms with E-state index < -0.39 is 0 Å². The number of rotatable bonds is 3. The van der Waals surface area contributed by atoms with Crippen molar-refractivity contribution in [2.75, 3.05) is 0 Å². The molecule has 0 heterocycles. The molecule has 1 saturated carbocycles. The third-order valence-electron chi connectivity index (χ3n) is 4.16. The number of hydrogen-bond acceptors (Lipinski definition) is 4. The maximum atomic E-state index is 9.80. The minimum atomic E-state index is -0.292. The lowest BCUT2D eigenvalue weighted by molar-refractivity contribution is -0.0755. The van der Waals surface area contributed by atoms with Crippen LogP contribution in [-0.2, 0) is 0 Å². The minimum absolute atomic E-state index is 0.0904. The molecular formula is C14H21NO3. The van der Waals surface area contributed by atoms with Crippen molar-refractivity contribution in [2.24, 2.45) is 5.41 Å². The third-order valence-corrected chi connectivity index (χ3v) is 4.16. The topological polar surface area (TPSA) is 72.7 Å². The van der Waals surface area contributed by atoms with E-state index in [1.165, 1.54) is 0 Å². The van der Waals surface area contributed by atoms with Gasteiger partial charge in [0.15, 0.2) is 0 Å². The van der Waals surface area contributed by atoms with Gasteiger partial charge in [-0.3, -0.25) is 0 Å². The second-order valence-corrected chi connectivity index (χ2v) is 5.72. The molecule has 18 heavy (non-hydrogen) atoms. The predicted octanol–water partition coefficient (Wildman–Crippen LogP) is 1.91. The molecule has 0 amide bonds. The molecule has 1 fully saturated rings. The van der Waals surface area contributed by atoms with Crippen LogP contribution in [0.1, 0.15) is 38.8 Å². The van der Waals surface area contributed by atoms with Gasteiger partial charge in [-0.15, -0.1) is 0 Å². The Hall–Kier alpha value is -1.26. The second kappa shape index (κ2) is 4.44. The highest BCUT2D eigenvalue weighted by atomic mass is 16.3. The lowest BCUT2D eigenvalue weighted by Crippen LogP contribution is -2.60. The standard InChI is InChI=1S/C14H21NO3/c1-8(13-9(16)5-4-6-10(13)17)15-11-7-12(18)14(11,2)3/h4-6,8,11-12,15-18H,7H2,1-3H3. The maximum Gasteiger partial charge on any atom is 0.124 e. The van der Waals surface area contributed by atoms with Crippen molar-refractivity contribution in [3.63, 3.8) is 0 Å². The summed E-state index contributed by atoms with van der Waals surface area (Å²) in [6.45, 7) is 5.92.